The van der Waals surface area contributed by atoms with Gasteiger partial charge in [0.25, 0.3) is 0 Å². The smallest absolute Gasteiger partial charge is 0.188 e. The van der Waals surface area contributed by atoms with E-state index in [4.69, 9.17) is 5.73 Å². The summed E-state index contributed by atoms with van der Waals surface area (Å²) in [5.74, 6) is 1.48. The molecule has 0 fully saturated rings. The number of nitrogens with two attached hydrogens (primary N) is 1. The van der Waals surface area contributed by atoms with Crippen molar-refractivity contribution in [3.05, 3.63) is 42.2 Å². The highest BCUT2D eigenvalue weighted by molar-refractivity contribution is 5.78. The molecule has 5 heteroatoms. The van der Waals surface area contributed by atoms with Crippen molar-refractivity contribution in [2.24, 2.45) is 10.7 Å². The van der Waals surface area contributed by atoms with Crippen LogP contribution in [0, 0.1) is 0 Å². The van der Waals surface area contributed by atoms with Gasteiger partial charge in [0.05, 0.1) is 17.6 Å². The van der Waals surface area contributed by atoms with Crippen LogP contribution in [0.15, 0.2) is 41.4 Å². The highest BCUT2D eigenvalue weighted by Crippen LogP contribution is 2.10. The number of aryl methyl sites for hydroxylation is 1. The molecule has 1 aromatic heterocycles. The SMILES string of the molecule is C=C(C)CN=C(N)NCCCc1nc2ccccc2[nH]1. The van der Waals surface area contributed by atoms with E-state index in [1.54, 1.807) is 0 Å². The van der Waals surface area contributed by atoms with Crippen LogP contribution in [0.4, 0.5) is 0 Å². The molecule has 106 valence electrons. The van der Waals surface area contributed by atoms with Gasteiger partial charge in [0.15, 0.2) is 5.96 Å². The highest BCUT2D eigenvalue weighted by Gasteiger charge is 2.01. The number of aromatic amines is 1. The Labute approximate surface area is 119 Å². The molecule has 1 heterocycles. The first kappa shape index (κ1) is 14.1. The summed E-state index contributed by atoms with van der Waals surface area (Å²) in [7, 11) is 0. The summed E-state index contributed by atoms with van der Waals surface area (Å²) in [6, 6.07) is 8.04. The zero-order valence-electron chi connectivity index (χ0n) is 11.8. The largest absolute Gasteiger partial charge is 0.370 e. The first-order valence-corrected chi connectivity index (χ1v) is 6.77. The van der Waals surface area contributed by atoms with E-state index in [0.717, 1.165) is 41.8 Å². The van der Waals surface area contributed by atoms with E-state index in [0.29, 0.717) is 12.5 Å². The molecular weight excluding hydrogens is 250 g/mol. The molecule has 0 aliphatic carbocycles. The summed E-state index contributed by atoms with van der Waals surface area (Å²) in [4.78, 5) is 12.0. The molecule has 20 heavy (non-hydrogen) atoms. The Bertz CT molecular complexity index is 579. The fourth-order valence-electron chi connectivity index (χ4n) is 1.87. The Morgan fingerprint density at radius 3 is 3.00 bits per heavy atom. The maximum absolute atomic E-state index is 5.74. The van der Waals surface area contributed by atoms with Crippen LogP contribution in [0.25, 0.3) is 11.0 Å². The van der Waals surface area contributed by atoms with E-state index in [-0.39, 0.29) is 0 Å². The number of nitrogens with one attached hydrogen (secondary N) is 2. The monoisotopic (exact) mass is 271 g/mol. The van der Waals surface area contributed by atoms with Crippen LogP contribution < -0.4 is 11.1 Å². The van der Waals surface area contributed by atoms with Gasteiger partial charge < -0.3 is 16.0 Å². The molecule has 4 N–H and O–H groups in total. The van der Waals surface area contributed by atoms with Crippen molar-refractivity contribution >= 4 is 17.0 Å². The van der Waals surface area contributed by atoms with Gasteiger partial charge in [-0.25, -0.2) is 9.98 Å². The summed E-state index contributed by atoms with van der Waals surface area (Å²) >= 11 is 0. The lowest BCUT2D eigenvalue weighted by atomic mass is 10.3. The lowest BCUT2D eigenvalue weighted by Gasteiger charge is -2.04. The normalized spacial score (nSPS) is 11.8. The van der Waals surface area contributed by atoms with Crippen molar-refractivity contribution in [3.8, 4) is 0 Å². The standard InChI is InChI=1S/C15H21N5/c1-11(2)10-18-15(16)17-9-5-8-14-19-12-6-3-4-7-13(12)20-14/h3-4,6-7H,1,5,8-10H2,2H3,(H,19,20)(H3,16,17,18). The molecule has 0 aliphatic rings. The van der Waals surface area contributed by atoms with Crippen LogP contribution in [0.1, 0.15) is 19.2 Å². The number of hydrogen-bond donors (Lipinski definition) is 3. The maximum atomic E-state index is 5.74. The Hall–Kier alpha value is -2.30. The molecule has 2 rings (SSSR count). The summed E-state index contributed by atoms with van der Waals surface area (Å²) < 4.78 is 0. The molecule has 0 spiro atoms. The fourth-order valence-corrected chi connectivity index (χ4v) is 1.87. The lowest BCUT2D eigenvalue weighted by Crippen LogP contribution is -2.32. The quantitative estimate of drug-likeness (QED) is 0.325. The molecule has 0 saturated carbocycles. The number of para-hydroxylation sites is 2. The maximum Gasteiger partial charge on any atom is 0.188 e. The number of nitrogens with zero attached hydrogens (tertiary/aromatic N) is 2. The number of benzene rings is 1. The van der Waals surface area contributed by atoms with Crippen molar-refractivity contribution < 1.29 is 0 Å². The van der Waals surface area contributed by atoms with E-state index in [1.807, 2.05) is 31.2 Å². The van der Waals surface area contributed by atoms with E-state index < -0.39 is 0 Å². The second-order valence-electron chi connectivity index (χ2n) is 4.89. The number of guanidine groups is 1. The number of H-pyrrole nitrogens is 1. The van der Waals surface area contributed by atoms with E-state index in [9.17, 15) is 0 Å². The molecule has 0 bridgehead atoms. The van der Waals surface area contributed by atoms with Gasteiger partial charge in [-0.05, 0) is 25.5 Å². The molecule has 0 amide bonds. The van der Waals surface area contributed by atoms with Gasteiger partial charge in [0.2, 0.25) is 0 Å². The predicted molar refractivity (Wildman–Crippen MR) is 83.7 cm³/mol. The number of aliphatic imine (C=N–C) groups is 1. The molecule has 0 unspecified atom stereocenters. The third-order valence-electron chi connectivity index (χ3n) is 2.85. The second-order valence-corrected chi connectivity index (χ2v) is 4.89. The third kappa shape index (κ3) is 4.12. The van der Waals surface area contributed by atoms with Crippen LogP contribution in [0.2, 0.25) is 0 Å². The number of rotatable bonds is 6. The van der Waals surface area contributed by atoms with Gasteiger partial charge in [-0.1, -0.05) is 24.3 Å². The van der Waals surface area contributed by atoms with Gasteiger partial charge >= 0.3 is 0 Å². The zero-order chi connectivity index (χ0) is 14.4. The zero-order valence-corrected chi connectivity index (χ0v) is 11.8. The topological polar surface area (TPSA) is 79.1 Å². The van der Waals surface area contributed by atoms with Crippen LogP contribution in [0.5, 0.6) is 0 Å². The highest BCUT2D eigenvalue weighted by atomic mass is 15.1. The minimum atomic E-state index is 0.470. The predicted octanol–water partition coefficient (Wildman–Crippen LogP) is 1.98. The lowest BCUT2D eigenvalue weighted by molar-refractivity contribution is 0.745. The Balaban J connectivity index is 1.75. The van der Waals surface area contributed by atoms with Crippen LogP contribution in [-0.2, 0) is 6.42 Å². The van der Waals surface area contributed by atoms with E-state index in [1.165, 1.54) is 0 Å². The molecule has 0 radical (unpaired) electrons. The summed E-state index contributed by atoms with van der Waals surface area (Å²) in [5, 5.41) is 3.09. The van der Waals surface area contributed by atoms with Crippen molar-refractivity contribution in [2.45, 2.75) is 19.8 Å². The number of hydrogen-bond acceptors (Lipinski definition) is 2. The van der Waals surface area contributed by atoms with Crippen molar-refractivity contribution in [3.63, 3.8) is 0 Å². The molecule has 0 aliphatic heterocycles. The molecule has 1 aromatic carbocycles. The van der Waals surface area contributed by atoms with E-state index in [2.05, 4.69) is 26.9 Å². The molecule has 0 saturated heterocycles. The van der Waals surface area contributed by atoms with Gasteiger partial charge in [-0.3, -0.25) is 0 Å². The first-order chi connectivity index (χ1) is 9.65. The summed E-state index contributed by atoms with van der Waals surface area (Å²) in [6.45, 7) is 7.06. The Morgan fingerprint density at radius 2 is 2.25 bits per heavy atom. The van der Waals surface area contributed by atoms with Crippen molar-refractivity contribution in [1.29, 1.82) is 0 Å². The molecule has 2 aromatic rings. The first-order valence-electron chi connectivity index (χ1n) is 6.77. The average molecular weight is 271 g/mol. The van der Waals surface area contributed by atoms with Crippen molar-refractivity contribution in [2.75, 3.05) is 13.1 Å². The van der Waals surface area contributed by atoms with Crippen molar-refractivity contribution in [1.82, 2.24) is 15.3 Å². The number of fused-ring (bicyclic) bond motifs is 1. The van der Waals surface area contributed by atoms with E-state index >= 15 is 0 Å². The van der Waals surface area contributed by atoms with Crippen LogP contribution in [0.3, 0.4) is 0 Å². The average Bonchev–Trinajstić information content (AvgIpc) is 2.84. The van der Waals surface area contributed by atoms with Crippen LogP contribution in [-0.4, -0.2) is 29.0 Å². The van der Waals surface area contributed by atoms with Gasteiger partial charge in [-0.2, -0.15) is 0 Å². The Morgan fingerprint density at radius 1 is 1.45 bits per heavy atom. The van der Waals surface area contributed by atoms with Gasteiger partial charge in [0, 0.05) is 13.0 Å². The third-order valence-corrected chi connectivity index (χ3v) is 2.85. The van der Waals surface area contributed by atoms with Gasteiger partial charge in [0.1, 0.15) is 5.82 Å². The minimum absolute atomic E-state index is 0.470. The second kappa shape index (κ2) is 6.75. The molecule has 5 nitrogen and oxygen atoms in total. The molecular formula is C15H21N5. The molecule has 0 atom stereocenters. The fraction of sp³-hybridized carbons (Fsp3) is 0.333. The summed E-state index contributed by atoms with van der Waals surface area (Å²) in [6.07, 6.45) is 1.83. The Kier molecular flexibility index (Phi) is 4.76. The van der Waals surface area contributed by atoms with Crippen LogP contribution >= 0.6 is 0 Å². The number of aromatic nitrogens is 2. The minimum Gasteiger partial charge on any atom is -0.370 e. The summed E-state index contributed by atoms with van der Waals surface area (Å²) in [5.41, 5.74) is 8.83. The number of imidazole rings is 1. The van der Waals surface area contributed by atoms with Gasteiger partial charge in [-0.15, -0.1) is 0 Å².